The predicted molar refractivity (Wildman–Crippen MR) is 51.2 cm³/mol. The molecule has 0 bridgehead atoms. The Labute approximate surface area is 82.9 Å². The molecule has 0 saturated carbocycles. The quantitative estimate of drug-likeness (QED) is 0.804. The average molecular weight is 197 g/mol. The van der Waals surface area contributed by atoms with E-state index in [9.17, 15) is 4.79 Å². The van der Waals surface area contributed by atoms with Crippen molar-refractivity contribution in [3.05, 3.63) is 17.5 Å². The van der Waals surface area contributed by atoms with E-state index in [-0.39, 0.29) is 11.8 Å². The smallest absolute Gasteiger partial charge is 0.303 e. The third-order valence-corrected chi connectivity index (χ3v) is 1.89. The van der Waals surface area contributed by atoms with Crippen LogP contribution in [-0.4, -0.2) is 16.2 Å². The SMILES string of the molecule is CC(C)(C)c1cc(CCC(=O)O)no1. The van der Waals surface area contributed by atoms with Gasteiger partial charge in [0.15, 0.2) is 0 Å². The van der Waals surface area contributed by atoms with Crippen LogP contribution in [0.25, 0.3) is 0 Å². The summed E-state index contributed by atoms with van der Waals surface area (Å²) in [4.78, 5) is 10.3. The van der Waals surface area contributed by atoms with Crippen LogP contribution in [0.5, 0.6) is 0 Å². The Hall–Kier alpha value is -1.32. The number of aliphatic carboxylic acids is 1. The highest BCUT2D eigenvalue weighted by Crippen LogP contribution is 2.22. The molecule has 0 atom stereocenters. The largest absolute Gasteiger partial charge is 0.481 e. The Morgan fingerprint density at radius 1 is 1.57 bits per heavy atom. The normalized spacial score (nSPS) is 11.6. The van der Waals surface area contributed by atoms with Gasteiger partial charge in [0.2, 0.25) is 0 Å². The minimum absolute atomic E-state index is 0.0749. The Kier molecular flexibility index (Phi) is 2.93. The summed E-state index contributed by atoms with van der Waals surface area (Å²) in [6, 6.07) is 1.82. The molecule has 0 aliphatic heterocycles. The minimum Gasteiger partial charge on any atom is -0.481 e. The van der Waals surface area contributed by atoms with Gasteiger partial charge < -0.3 is 9.63 Å². The van der Waals surface area contributed by atoms with Crippen molar-refractivity contribution in [1.29, 1.82) is 0 Å². The number of carboxylic acids is 1. The van der Waals surface area contributed by atoms with Gasteiger partial charge in [0, 0.05) is 17.9 Å². The molecule has 1 rings (SSSR count). The predicted octanol–water partition coefficient (Wildman–Crippen LogP) is 1.99. The number of hydrogen-bond acceptors (Lipinski definition) is 3. The first-order valence-electron chi connectivity index (χ1n) is 4.57. The summed E-state index contributed by atoms with van der Waals surface area (Å²) in [6.07, 6.45) is 0.519. The summed E-state index contributed by atoms with van der Waals surface area (Å²) in [5, 5.41) is 12.3. The molecule has 1 heterocycles. The van der Waals surface area contributed by atoms with Crippen molar-refractivity contribution in [3.63, 3.8) is 0 Å². The Balaban J connectivity index is 2.64. The van der Waals surface area contributed by atoms with Gasteiger partial charge in [-0.3, -0.25) is 4.79 Å². The first-order valence-corrected chi connectivity index (χ1v) is 4.57. The zero-order chi connectivity index (χ0) is 10.8. The van der Waals surface area contributed by atoms with Gasteiger partial charge in [-0.05, 0) is 0 Å². The van der Waals surface area contributed by atoms with Crippen molar-refractivity contribution < 1.29 is 14.4 Å². The fraction of sp³-hybridized carbons (Fsp3) is 0.600. The molecule has 4 heteroatoms. The zero-order valence-corrected chi connectivity index (χ0v) is 8.70. The number of aryl methyl sites for hydroxylation is 1. The van der Waals surface area contributed by atoms with E-state index in [4.69, 9.17) is 9.63 Å². The van der Waals surface area contributed by atoms with Gasteiger partial charge >= 0.3 is 5.97 Å². The summed E-state index contributed by atoms with van der Waals surface area (Å²) >= 11 is 0. The molecule has 0 amide bonds. The van der Waals surface area contributed by atoms with Gasteiger partial charge in [-0.25, -0.2) is 0 Å². The van der Waals surface area contributed by atoms with Gasteiger partial charge in [-0.15, -0.1) is 0 Å². The standard InChI is InChI=1S/C10H15NO3/c1-10(2,3)8-6-7(11-14-8)4-5-9(12)13/h6H,4-5H2,1-3H3,(H,12,13). The molecule has 14 heavy (non-hydrogen) atoms. The van der Waals surface area contributed by atoms with Crippen LogP contribution >= 0.6 is 0 Å². The number of aromatic nitrogens is 1. The second-order valence-electron chi connectivity index (χ2n) is 4.33. The molecule has 0 spiro atoms. The van der Waals surface area contributed by atoms with Crippen LogP contribution in [0.15, 0.2) is 10.6 Å². The second-order valence-corrected chi connectivity index (χ2v) is 4.33. The van der Waals surface area contributed by atoms with Gasteiger partial charge in [-0.1, -0.05) is 25.9 Å². The van der Waals surface area contributed by atoms with Crippen molar-refractivity contribution in [2.45, 2.75) is 39.0 Å². The fourth-order valence-electron chi connectivity index (χ4n) is 1.02. The molecule has 1 aromatic rings. The number of carbonyl (C=O) groups is 1. The summed E-state index contributed by atoms with van der Waals surface area (Å²) in [5.74, 6) is -0.0248. The first kappa shape index (κ1) is 10.8. The number of nitrogens with zero attached hydrogens (tertiary/aromatic N) is 1. The molecule has 0 fully saturated rings. The van der Waals surface area contributed by atoms with Crippen molar-refractivity contribution in [2.24, 2.45) is 0 Å². The molecule has 0 aliphatic rings. The van der Waals surface area contributed by atoms with E-state index >= 15 is 0 Å². The highest BCUT2D eigenvalue weighted by Gasteiger charge is 2.19. The van der Waals surface area contributed by atoms with E-state index in [2.05, 4.69) is 5.16 Å². The van der Waals surface area contributed by atoms with Crippen molar-refractivity contribution in [3.8, 4) is 0 Å². The molecule has 0 aromatic carbocycles. The number of rotatable bonds is 3. The highest BCUT2D eigenvalue weighted by atomic mass is 16.5. The average Bonchev–Trinajstić information content (AvgIpc) is 2.47. The van der Waals surface area contributed by atoms with Crippen LogP contribution < -0.4 is 0 Å². The third kappa shape index (κ3) is 2.87. The molecule has 0 saturated heterocycles. The van der Waals surface area contributed by atoms with Crippen molar-refractivity contribution in [2.75, 3.05) is 0 Å². The van der Waals surface area contributed by atoms with Crippen LogP contribution in [0.2, 0.25) is 0 Å². The topological polar surface area (TPSA) is 63.3 Å². The van der Waals surface area contributed by atoms with Crippen LogP contribution in [0.4, 0.5) is 0 Å². The highest BCUT2D eigenvalue weighted by molar-refractivity contribution is 5.66. The summed E-state index contributed by atoms with van der Waals surface area (Å²) < 4.78 is 5.12. The lowest BCUT2D eigenvalue weighted by Gasteiger charge is -2.12. The van der Waals surface area contributed by atoms with E-state index in [1.165, 1.54) is 0 Å². The molecule has 1 aromatic heterocycles. The third-order valence-electron chi connectivity index (χ3n) is 1.89. The van der Waals surface area contributed by atoms with Crippen molar-refractivity contribution in [1.82, 2.24) is 5.16 Å². The Morgan fingerprint density at radius 2 is 2.21 bits per heavy atom. The summed E-state index contributed by atoms with van der Waals surface area (Å²) in [6.45, 7) is 6.07. The summed E-state index contributed by atoms with van der Waals surface area (Å²) in [7, 11) is 0. The molecule has 0 aliphatic carbocycles. The maximum atomic E-state index is 10.3. The monoisotopic (exact) mass is 197 g/mol. The van der Waals surface area contributed by atoms with Crippen LogP contribution in [0.3, 0.4) is 0 Å². The first-order chi connectivity index (χ1) is 6.39. The maximum absolute atomic E-state index is 10.3. The molecule has 0 radical (unpaired) electrons. The van der Waals surface area contributed by atoms with E-state index in [1.807, 2.05) is 26.8 Å². The molecule has 1 N–H and O–H groups in total. The molecule has 0 unspecified atom stereocenters. The lowest BCUT2D eigenvalue weighted by molar-refractivity contribution is -0.136. The molecule has 4 nitrogen and oxygen atoms in total. The van der Waals surface area contributed by atoms with Crippen LogP contribution in [-0.2, 0) is 16.6 Å². The van der Waals surface area contributed by atoms with Crippen LogP contribution in [0.1, 0.15) is 38.6 Å². The van der Waals surface area contributed by atoms with E-state index in [1.54, 1.807) is 0 Å². The van der Waals surface area contributed by atoms with Gasteiger partial charge in [0.05, 0.1) is 12.1 Å². The fourth-order valence-corrected chi connectivity index (χ4v) is 1.02. The molecule has 78 valence electrons. The van der Waals surface area contributed by atoms with E-state index in [0.717, 1.165) is 5.76 Å². The second kappa shape index (κ2) is 3.82. The van der Waals surface area contributed by atoms with E-state index in [0.29, 0.717) is 12.1 Å². The number of carboxylic acid groups (broad SMARTS) is 1. The van der Waals surface area contributed by atoms with Gasteiger partial charge in [0.25, 0.3) is 0 Å². The molecular weight excluding hydrogens is 182 g/mol. The van der Waals surface area contributed by atoms with E-state index < -0.39 is 5.97 Å². The minimum atomic E-state index is -0.815. The Bertz CT molecular complexity index is 322. The maximum Gasteiger partial charge on any atom is 0.303 e. The van der Waals surface area contributed by atoms with Crippen molar-refractivity contribution >= 4 is 5.97 Å². The number of hydrogen-bond donors (Lipinski definition) is 1. The summed E-state index contributed by atoms with van der Waals surface area (Å²) in [5.41, 5.74) is 0.631. The van der Waals surface area contributed by atoms with Crippen LogP contribution in [0, 0.1) is 0 Å². The Morgan fingerprint density at radius 3 is 2.64 bits per heavy atom. The molecular formula is C10H15NO3. The van der Waals surface area contributed by atoms with Gasteiger partial charge in [-0.2, -0.15) is 0 Å². The lowest BCUT2D eigenvalue weighted by atomic mass is 9.93. The lowest BCUT2D eigenvalue weighted by Crippen LogP contribution is -2.09. The zero-order valence-electron chi connectivity index (χ0n) is 8.70. The van der Waals surface area contributed by atoms with Gasteiger partial charge in [0.1, 0.15) is 5.76 Å².